The molecule has 0 radical (unpaired) electrons. The number of benzene rings is 1. The Hall–Kier alpha value is -1.74. The molecule has 0 fully saturated rings. The number of aromatic nitrogens is 2. The summed E-state index contributed by atoms with van der Waals surface area (Å²) in [7, 11) is 0. The van der Waals surface area contributed by atoms with Gasteiger partial charge in [0.1, 0.15) is 0 Å². The zero-order chi connectivity index (χ0) is 13.9. The molecular weight excluding hydrogens is 234 g/mol. The fraction of sp³-hybridized carbons (Fsp3) is 0.375. The molecule has 0 saturated carbocycles. The van der Waals surface area contributed by atoms with Gasteiger partial charge in [0.2, 0.25) is 0 Å². The molecule has 1 aromatic carbocycles. The largest absolute Gasteiger partial charge is 0.306 e. The summed E-state index contributed by atoms with van der Waals surface area (Å²) < 4.78 is 0. The summed E-state index contributed by atoms with van der Waals surface area (Å²) in [5.41, 5.74) is 3.40. The van der Waals surface area contributed by atoms with Gasteiger partial charge < -0.3 is 5.32 Å². The van der Waals surface area contributed by atoms with Gasteiger partial charge in [0.15, 0.2) is 5.82 Å². The van der Waals surface area contributed by atoms with E-state index in [0.29, 0.717) is 0 Å². The predicted octanol–water partition coefficient (Wildman–Crippen LogP) is 3.34. The Kier molecular flexibility index (Phi) is 3.96. The standard InChI is InChI=1S/C16H21N3/c1-12-7-5-6-8-14(12)15-17-10-9-13(19-15)11-18-16(2,3)4/h5-10,18H,11H2,1-4H3. The third-order valence-electron chi connectivity index (χ3n) is 2.90. The molecule has 3 nitrogen and oxygen atoms in total. The van der Waals surface area contributed by atoms with E-state index in [1.807, 2.05) is 24.4 Å². The molecule has 0 spiro atoms. The van der Waals surface area contributed by atoms with Crippen LogP contribution in [-0.2, 0) is 6.54 Å². The van der Waals surface area contributed by atoms with Gasteiger partial charge >= 0.3 is 0 Å². The summed E-state index contributed by atoms with van der Waals surface area (Å²) >= 11 is 0. The van der Waals surface area contributed by atoms with Crippen LogP contribution in [0.25, 0.3) is 11.4 Å². The lowest BCUT2D eigenvalue weighted by molar-refractivity contribution is 0.421. The average molecular weight is 255 g/mol. The van der Waals surface area contributed by atoms with Crippen molar-refractivity contribution in [3.63, 3.8) is 0 Å². The third-order valence-corrected chi connectivity index (χ3v) is 2.90. The molecule has 0 aliphatic rings. The molecule has 2 aromatic rings. The van der Waals surface area contributed by atoms with Crippen molar-refractivity contribution in [1.82, 2.24) is 15.3 Å². The predicted molar refractivity (Wildman–Crippen MR) is 78.8 cm³/mol. The normalized spacial score (nSPS) is 11.6. The first kappa shape index (κ1) is 13.7. The van der Waals surface area contributed by atoms with Gasteiger partial charge in [-0.3, -0.25) is 0 Å². The SMILES string of the molecule is Cc1ccccc1-c1nccc(CNC(C)(C)C)n1. The molecular formula is C16H21N3. The minimum absolute atomic E-state index is 0.0910. The lowest BCUT2D eigenvalue weighted by Gasteiger charge is -2.20. The van der Waals surface area contributed by atoms with E-state index in [4.69, 9.17) is 0 Å². The van der Waals surface area contributed by atoms with Crippen molar-refractivity contribution in [2.45, 2.75) is 39.8 Å². The molecule has 1 N–H and O–H groups in total. The zero-order valence-electron chi connectivity index (χ0n) is 12.1. The summed E-state index contributed by atoms with van der Waals surface area (Å²) in [4.78, 5) is 9.01. The van der Waals surface area contributed by atoms with Crippen LogP contribution in [0, 0.1) is 6.92 Å². The Labute approximate surface area is 115 Å². The van der Waals surface area contributed by atoms with Crippen molar-refractivity contribution in [1.29, 1.82) is 0 Å². The Morgan fingerprint density at radius 1 is 1.11 bits per heavy atom. The first-order valence-corrected chi connectivity index (χ1v) is 6.59. The monoisotopic (exact) mass is 255 g/mol. The van der Waals surface area contributed by atoms with E-state index in [-0.39, 0.29) is 5.54 Å². The van der Waals surface area contributed by atoms with Crippen LogP contribution in [0.4, 0.5) is 0 Å². The highest BCUT2D eigenvalue weighted by atomic mass is 15.0. The molecule has 0 atom stereocenters. The highest BCUT2D eigenvalue weighted by Crippen LogP contribution is 2.19. The molecule has 100 valence electrons. The summed E-state index contributed by atoms with van der Waals surface area (Å²) in [5.74, 6) is 0.798. The number of nitrogens with one attached hydrogen (secondary N) is 1. The number of hydrogen-bond donors (Lipinski definition) is 1. The molecule has 19 heavy (non-hydrogen) atoms. The molecule has 0 aliphatic heterocycles. The molecule has 2 rings (SSSR count). The Balaban J connectivity index is 2.23. The van der Waals surface area contributed by atoms with Crippen molar-refractivity contribution in [2.75, 3.05) is 0 Å². The highest BCUT2D eigenvalue weighted by molar-refractivity contribution is 5.59. The van der Waals surface area contributed by atoms with E-state index in [2.05, 4.69) is 55.1 Å². The zero-order valence-corrected chi connectivity index (χ0v) is 12.1. The van der Waals surface area contributed by atoms with Crippen LogP contribution in [0.15, 0.2) is 36.5 Å². The summed E-state index contributed by atoms with van der Waals surface area (Å²) in [6.45, 7) is 9.28. The smallest absolute Gasteiger partial charge is 0.159 e. The first-order valence-electron chi connectivity index (χ1n) is 6.59. The second-order valence-corrected chi connectivity index (χ2v) is 5.79. The number of nitrogens with zero attached hydrogens (tertiary/aromatic N) is 2. The quantitative estimate of drug-likeness (QED) is 0.914. The fourth-order valence-electron chi connectivity index (χ4n) is 1.80. The second kappa shape index (κ2) is 5.49. The minimum atomic E-state index is 0.0910. The Morgan fingerprint density at radius 2 is 1.84 bits per heavy atom. The van der Waals surface area contributed by atoms with Crippen molar-refractivity contribution in [2.24, 2.45) is 0 Å². The van der Waals surface area contributed by atoms with Crippen molar-refractivity contribution in [3.8, 4) is 11.4 Å². The first-order chi connectivity index (χ1) is 8.96. The summed E-state index contributed by atoms with van der Waals surface area (Å²) in [6.07, 6.45) is 1.83. The van der Waals surface area contributed by atoms with Gasteiger partial charge in [-0.1, -0.05) is 24.3 Å². The van der Waals surface area contributed by atoms with Crippen molar-refractivity contribution < 1.29 is 0 Å². The van der Waals surface area contributed by atoms with E-state index in [1.165, 1.54) is 5.56 Å². The van der Waals surface area contributed by atoms with Gasteiger partial charge in [0.05, 0.1) is 5.69 Å². The maximum Gasteiger partial charge on any atom is 0.159 e. The molecule has 0 amide bonds. The van der Waals surface area contributed by atoms with Crippen LogP contribution < -0.4 is 5.32 Å². The molecule has 0 unspecified atom stereocenters. The van der Waals surface area contributed by atoms with Gasteiger partial charge in [-0.2, -0.15) is 0 Å². The van der Waals surface area contributed by atoms with Crippen LogP contribution in [0.5, 0.6) is 0 Å². The molecule has 0 bridgehead atoms. The summed E-state index contributed by atoms with van der Waals surface area (Å²) in [5, 5.41) is 3.44. The lowest BCUT2D eigenvalue weighted by atomic mass is 10.1. The van der Waals surface area contributed by atoms with E-state index in [0.717, 1.165) is 23.6 Å². The van der Waals surface area contributed by atoms with Gasteiger partial charge in [-0.25, -0.2) is 9.97 Å². The molecule has 0 saturated heterocycles. The fourth-order valence-corrected chi connectivity index (χ4v) is 1.80. The highest BCUT2D eigenvalue weighted by Gasteiger charge is 2.10. The molecule has 1 heterocycles. The maximum atomic E-state index is 4.63. The topological polar surface area (TPSA) is 37.8 Å². The van der Waals surface area contributed by atoms with E-state index in [1.54, 1.807) is 0 Å². The maximum absolute atomic E-state index is 4.63. The van der Waals surface area contributed by atoms with Crippen molar-refractivity contribution in [3.05, 3.63) is 47.8 Å². The molecule has 0 aliphatic carbocycles. The van der Waals surface area contributed by atoms with E-state index >= 15 is 0 Å². The van der Waals surface area contributed by atoms with E-state index < -0.39 is 0 Å². The van der Waals surface area contributed by atoms with Gasteiger partial charge in [-0.05, 0) is 39.3 Å². The number of rotatable bonds is 3. The van der Waals surface area contributed by atoms with Gasteiger partial charge in [0, 0.05) is 23.8 Å². The van der Waals surface area contributed by atoms with Crippen LogP contribution in [-0.4, -0.2) is 15.5 Å². The number of aryl methyl sites for hydroxylation is 1. The van der Waals surface area contributed by atoms with E-state index in [9.17, 15) is 0 Å². The third kappa shape index (κ3) is 3.86. The minimum Gasteiger partial charge on any atom is -0.306 e. The summed E-state index contributed by atoms with van der Waals surface area (Å²) in [6, 6.07) is 10.2. The molecule has 3 heteroatoms. The molecule has 1 aromatic heterocycles. The van der Waals surface area contributed by atoms with Gasteiger partial charge in [-0.15, -0.1) is 0 Å². The number of hydrogen-bond acceptors (Lipinski definition) is 3. The lowest BCUT2D eigenvalue weighted by Crippen LogP contribution is -2.35. The Bertz CT molecular complexity index is 556. The van der Waals surface area contributed by atoms with Crippen LogP contribution in [0.3, 0.4) is 0 Å². The van der Waals surface area contributed by atoms with Gasteiger partial charge in [0.25, 0.3) is 0 Å². The van der Waals surface area contributed by atoms with Crippen LogP contribution in [0.2, 0.25) is 0 Å². The Morgan fingerprint density at radius 3 is 2.53 bits per heavy atom. The average Bonchev–Trinajstić information content (AvgIpc) is 2.36. The van der Waals surface area contributed by atoms with Crippen LogP contribution in [0.1, 0.15) is 32.0 Å². The van der Waals surface area contributed by atoms with Crippen molar-refractivity contribution >= 4 is 0 Å². The second-order valence-electron chi connectivity index (χ2n) is 5.79. The van der Waals surface area contributed by atoms with Crippen LogP contribution >= 0.6 is 0 Å².